The Morgan fingerprint density at radius 1 is 0.385 bits per heavy atom. The molecule has 0 radical (unpaired) electrons. The Labute approximate surface area is 591 Å². The average molecular weight is 1350 g/mol. The highest BCUT2D eigenvalue weighted by atomic mass is 16.7. The van der Waals surface area contributed by atoms with Crippen LogP contribution < -0.4 is 5.32 Å². The molecule has 1 fully saturated rings. The van der Waals surface area contributed by atoms with E-state index in [1.807, 2.05) is 6.08 Å². The van der Waals surface area contributed by atoms with Gasteiger partial charge in [0.15, 0.2) is 6.29 Å². The first-order chi connectivity index (χ1) is 47.2. The lowest BCUT2D eigenvalue weighted by Gasteiger charge is -2.40. The van der Waals surface area contributed by atoms with Gasteiger partial charge in [0.1, 0.15) is 24.4 Å². The molecule has 0 aromatic rings. The van der Waals surface area contributed by atoms with Gasteiger partial charge in [0.25, 0.3) is 0 Å². The number of aliphatic hydroxyl groups is 5. The van der Waals surface area contributed by atoms with Crippen molar-refractivity contribution in [1.82, 2.24) is 5.32 Å². The summed E-state index contributed by atoms with van der Waals surface area (Å²) in [5, 5.41) is 54.6. The Bertz CT molecular complexity index is 1880. The molecule has 11 heteroatoms. The van der Waals surface area contributed by atoms with Crippen molar-refractivity contribution in [2.24, 2.45) is 0 Å². The summed E-state index contributed by atoms with van der Waals surface area (Å²) in [6, 6.07) is -0.835. The molecule has 1 saturated heterocycles. The quantitative estimate of drug-likeness (QED) is 0.0195. The van der Waals surface area contributed by atoms with Crippen LogP contribution in [0.4, 0.5) is 0 Å². The Hall–Kier alpha value is -3.16. The van der Waals surface area contributed by atoms with Gasteiger partial charge in [0.2, 0.25) is 5.91 Å². The average Bonchev–Trinajstić information content (AvgIpc) is 1.45. The highest BCUT2D eigenvalue weighted by Crippen LogP contribution is 2.24. The van der Waals surface area contributed by atoms with Crippen molar-refractivity contribution in [3.8, 4) is 0 Å². The molecule has 11 nitrogen and oxygen atoms in total. The normalized spacial score (nSPS) is 17.8. The summed E-state index contributed by atoms with van der Waals surface area (Å²) in [4.78, 5) is 25.2. The van der Waals surface area contributed by atoms with Crippen molar-refractivity contribution in [1.29, 1.82) is 0 Å². The molecule has 1 aliphatic heterocycles. The number of amides is 1. The number of allylic oxidation sites excluding steroid dienone is 13. The van der Waals surface area contributed by atoms with Gasteiger partial charge in [-0.05, 0) is 116 Å². The van der Waals surface area contributed by atoms with E-state index in [1.165, 1.54) is 270 Å². The molecule has 7 unspecified atom stereocenters. The number of esters is 1. The second-order valence-corrected chi connectivity index (χ2v) is 28.1. The Balaban J connectivity index is 1.93. The van der Waals surface area contributed by atoms with Gasteiger partial charge in [-0.1, -0.05) is 336 Å². The molecule has 0 aromatic carbocycles. The number of unbranched alkanes of at least 4 members (excludes halogenated alkanes) is 46. The number of carbonyl (C=O) groups excluding carboxylic acids is 2. The van der Waals surface area contributed by atoms with Crippen LogP contribution in [0.5, 0.6) is 0 Å². The number of aliphatic hydroxyl groups excluding tert-OH is 5. The third kappa shape index (κ3) is 60.8. The first-order valence-electron chi connectivity index (χ1n) is 40.9. The van der Waals surface area contributed by atoms with E-state index in [9.17, 15) is 35.1 Å². The van der Waals surface area contributed by atoms with Crippen molar-refractivity contribution in [3.63, 3.8) is 0 Å². The third-order valence-corrected chi connectivity index (χ3v) is 18.9. The first kappa shape index (κ1) is 90.9. The van der Waals surface area contributed by atoms with Gasteiger partial charge in [-0.3, -0.25) is 9.59 Å². The minimum Gasteiger partial charge on any atom is -0.466 e. The number of hydrogen-bond donors (Lipinski definition) is 6. The highest BCUT2D eigenvalue weighted by Gasteiger charge is 2.44. The summed E-state index contributed by atoms with van der Waals surface area (Å²) < 4.78 is 16.8. The van der Waals surface area contributed by atoms with Gasteiger partial charge in [0.05, 0.1) is 32.0 Å². The maximum Gasteiger partial charge on any atom is 0.305 e. The molecule has 558 valence electrons. The van der Waals surface area contributed by atoms with Gasteiger partial charge in [-0.15, -0.1) is 0 Å². The molecule has 0 bridgehead atoms. The monoisotopic (exact) mass is 1350 g/mol. The lowest BCUT2D eigenvalue weighted by Crippen LogP contribution is -2.60. The fraction of sp³-hybridized carbons (Fsp3) is 0.812. The molecule has 1 rings (SSSR count). The van der Waals surface area contributed by atoms with Crippen molar-refractivity contribution in [3.05, 3.63) is 85.1 Å². The fourth-order valence-electron chi connectivity index (χ4n) is 12.5. The number of nitrogens with one attached hydrogen (secondary N) is 1. The van der Waals surface area contributed by atoms with Crippen molar-refractivity contribution >= 4 is 11.9 Å². The van der Waals surface area contributed by atoms with Crippen molar-refractivity contribution in [2.75, 3.05) is 19.8 Å². The van der Waals surface area contributed by atoms with Crippen LogP contribution in [0.25, 0.3) is 0 Å². The second-order valence-electron chi connectivity index (χ2n) is 28.1. The zero-order chi connectivity index (χ0) is 69.4. The SMILES string of the molecule is CCCC/C=C\C/C=C\CCCCCCCC(=O)OCCCCCCCCCCCCCCCCC/C=C\C/C=C\CCCCCCCCCCCCCCCCCCCC(=O)NC(COC1OC(CO)C(O)C(O)C1O)C(O)/C=C/CC/C=C/CC/C=C/CCCCCCC. The van der Waals surface area contributed by atoms with Gasteiger partial charge in [-0.25, -0.2) is 0 Å². The van der Waals surface area contributed by atoms with E-state index >= 15 is 0 Å². The molecule has 96 heavy (non-hydrogen) atoms. The maximum atomic E-state index is 13.1. The standard InChI is InChI=1S/C85H153NO10/c1-3-5-7-9-11-13-15-17-44-47-51-55-59-63-67-71-78(88)77(76-95-85-84(93)83(92)82(91)79(75-87)96-85)86-80(89)72-68-64-60-56-52-48-45-42-40-38-36-34-32-30-28-26-24-22-20-19-21-23-25-27-29-31-33-35-37-39-41-43-46-50-54-58-62-66-70-74-94-81(90)73-69-65-61-57-53-49-18-16-14-12-10-8-6-4-2/h10,12,15-20,23,25,51,55,67,71,77-79,82-85,87-88,91-93H,3-9,11,13-14,21-22,24,26-50,52-54,56-66,68-70,72-76H2,1-2H3,(H,86,89)/b12-10-,17-15+,18-16-,20-19-,25-23-,55-51+,71-67+. The maximum absolute atomic E-state index is 13.1. The predicted molar refractivity (Wildman–Crippen MR) is 407 cm³/mol. The van der Waals surface area contributed by atoms with Crippen LogP contribution in [0.2, 0.25) is 0 Å². The smallest absolute Gasteiger partial charge is 0.305 e. The van der Waals surface area contributed by atoms with E-state index in [0.29, 0.717) is 19.4 Å². The summed E-state index contributed by atoms with van der Waals surface area (Å²) in [7, 11) is 0. The van der Waals surface area contributed by atoms with Gasteiger partial charge >= 0.3 is 5.97 Å². The Kier molecular flexibility index (Phi) is 69.2. The number of rotatable bonds is 72. The van der Waals surface area contributed by atoms with Crippen molar-refractivity contribution < 1.29 is 49.3 Å². The molecule has 0 spiro atoms. The molecule has 6 N–H and O–H groups in total. The molecule has 7 atom stereocenters. The third-order valence-electron chi connectivity index (χ3n) is 18.9. The van der Waals surface area contributed by atoms with E-state index in [2.05, 4.69) is 92.1 Å². The van der Waals surface area contributed by atoms with Crippen LogP contribution in [0.15, 0.2) is 85.1 Å². The summed E-state index contributed by atoms with van der Waals surface area (Å²) in [5.41, 5.74) is 0. The van der Waals surface area contributed by atoms with Crippen molar-refractivity contribution in [2.45, 2.75) is 423 Å². The lowest BCUT2D eigenvalue weighted by atomic mass is 9.99. The lowest BCUT2D eigenvalue weighted by molar-refractivity contribution is -0.302. The molecular formula is C85H153NO10. The zero-order valence-electron chi connectivity index (χ0n) is 62.3. The van der Waals surface area contributed by atoms with Crippen LogP contribution in [0, 0.1) is 0 Å². The number of hydrogen-bond acceptors (Lipinski definition) is 10. The summed E-state index contributed by atoms with van der Waals surface area (Å²) >= 11 is 0. The molecular weight excluding hydrogens is 1190 g/mol. The van der Waals surface area contributed by atoms with Crippen LogP contribution >= 0.6 is 0 Å². The van der Waals surface area contributed by atoms with E-state index < -0.39 is 49.5 Å². The Morgan fingerprint density at radius 3 is 1.12 bits per heavy atom. The van der Waals surface area contributed by atoms with Crippen LogP contribution in [-0.2, 0) is 23.8 Å². The summed E-state index contributed by atoms with van der Waals surface area (Å²) in [6.07, 6.45) is 91.9. The topological polar surface area (TPSA) is 175 Å². The minimum atomic E-state index is -1.58. The molecule has 0 aromatic heterocycles. The van der Waals surface area contributed by atoms with Crippen LogP contribution in [-0.4, -0.2) is 100 Å². The van der Waals surface area contributed by atoms with Gasteiger partial charge in [0, 0.05) is 12.8 Å². The van der Waals surface area contributed by atoms with E-state index in [0.717, 1.165) is 83.5 Å². The largest absolute Gasteiger partial charge is 0.466 e. The number of ether oxygens (including phenoxy) is 3. The predicted octanol–water partition coefficient (Wildman–Crippen LogP) is 22.4. The van der Waals surface area contributed by atoms with E-state index in [-0.39, 0.29) is 18.5 Å². The fourth-order valence-corrected chi connectivity index (χ4v) is 12.5. The molecule has 1 heterocycles. The molecule has 1 aliphatic rings. The Morgan fingerprint density at radius 2 is 0.719 bits per heavy atom. The van der Waals surface area contributed by atoms with Crippen LogP contribution in [0.1, 0.15) is 380 Å². The van der Waals surface area contributed by atoms with Gasteiger partial charge < -0.3 is 45.1 Å². The van der Waals surface area contributed by atoms with E-state index in [1.54, 1.807) is 6.08 Å². The number of carbonyl (C=O) groups is 2. The van der Waals surface area contributed by atoms with Gasteiger partial charge in [-0.2, -0.15) is 0 Å². The minimum absolute atomic E-state index is 0.000582. The first-order valence-corrected chi connectivity index (χ1v) is 40.9. The molecule has 0 saturated carbocycles. The summed E-state index contributed by atoms with van der Waals surface area (Å²) in [6.45, 7) is 4.30. The van der Waals surface area contributed by atoms with Crippen LogP contribution in [0.3, 0.4) is 0 Å². The second kappa shape index (κ2) is 73.1. The zero-order valence-corrected chi connectivity index (χ0v) is 62.3. The molecule has 1 amide bonds. The highest BCUT2D eigenvalue weighted by molar-refractivity contribution is 5.76. The molecule has 0 aliphatic carbocycles. The van der Waals surface area contributed by atoms with E-state index in [4.69, 9.17) is 14.2 Å². The summed E-state index contributed by atoms with van der Waals surface area (Å²) in [5.74, 6) is -0.193.